The lowest BCUT2D eigenvalue weighted by Crippen LogP contribution is -2.69. The summed E-state index contributed by atoms with van der Waals surface area (Å²) in [5.41, 5.74) is 0.448. The highest BCUT2D eigenvalue weighted by Crippen LogP contribution is 2.59. The molecule has 3 fully saturated rings. The molecule has 0 aromatic carbocycles. The van der Waals surface area contributed by atoms with Gasteiger partial charge in [-0.25, -0.2) is 9.97 Å². The zero-order chi connectivity index (χ0) is 13.7. The smallest absolute Gasteiger partial charge is 0.291 e. The van der Waals surface area contributed by atoms with E-state index in [1.807, 2.05) is 4.90 Å². The Bertz CT molecular complexity index is 535. The largest absolute Gasteiger partial charge is 0.494 e. The van der Waals surface area contributed by atoms with Gasteiger partial charge in [-0.2, -0.15) is 0 Å². The number of aromatic nitrogens is 2. The highest BCUT2D eigenvalue weighted by atomic mass is 16.5. The van der Waals surface area contributed by atoms with Crippen molar-refractivity contribution in [3.63, 3.8) is 0 Å². The number of carbonyl (C=O) groups excluding carboxylic acids is 1. The third kappa shape index (κ3) is 1.65. The molecule has 1 amide bonds. The fraction of sp³-hybridized carbons (Fsp3) is 0.667. The second-order valence-electron chi connectivity index (χ2n) is 6.38. The van der Waals surface area contributed by atoms with Gasteiger partial charge in [0.15, 0.2) is 5.75 Å². The summed E-state index contributed by atoms with van der Waals surface area (Å²) < 4.78 is 5.03. The number of ether oxygens (including phenoxy) is 1. The van der Waals surface area contributed by atoms with E-state index < -0.39 is 0 Å². The lowest BCUT2D eigenvalue weighted by atomic mass is 9.56. The second-order valence-corrected chi connectivity index (χ2v) is 6.38. The third-order valence-electron chi connectivity index (χ3n) is 5.18. The third-order valence-corrected chi connectivity index (χ3v) is 5.18. The molecule has 1 saturated heterocycles. The van der Waals surface area contributed by atoms with Gasteiger partial charge in [0.05, 0.1) is 19.5 Å². The standard InChI is InChI=1S/C15H19N3O2/c1-20-11-7-16-13(17-8-11)14(19)18-9-15(5-2-6-15)12(18)10-3-4-10/h7-8,10,12H,2-6,9H2,1H3. The van der Waals surface area contributed by atoms with Gasteiger partial charge in [-0.05, 0) is 31.6 Å². The SMILES string of the molecule is COc1cnc(C(=O)N2CC3(CCC3)C2C2CC2)nc1. The van der Waals surface area contributed by atoms with Crippen LogP contribution in [0.4, 0.5) is 0 Å². The van der Waals surface area contributed by atoms with Crippen molar-refractivity contribution in [3.05, 3.63) is 18.2 Å². The van der Waals surface area contributed by atoms with Gasteiger partial charge in [0.25, 0.3) is 5.91 Å². The summed E-state index contributed by atoms with van der Waals surface area (Å²) in [5.74, 6) is 1.60. The summed E-state index contributed by atoms with van der Waals surface area (Å²) in [4.78, 5) is 22.8. The molecule has 5 nitrogen and oxygen atoms in total. The normalized spacial score (nSPS) is 26.9. The molecule has 5 heteroatoms. The average molecular weight is 273 g/mol. The number of rotatable bonds is 3. The fourth-order valence-corrected chi connectivity index (χ4v) is 3.86. The van der Waals surface area contributed by atoms with Crippen LogP contribution >= 0.6 is 0 Å². The van der Waals surface area contributed by atoms with Gasteiger partial charge in [0.2, 0.25) is 5.82 Å². The van der Waals surface area contributed by atoms with Gasteiger partial charge in [-0.3, -0.25) is 4.79 Å². The maximum absolute atomic E-state index is 12.6. The van der Waals surface area contributed by atoms with E-state index in [0.29, 0.717) is 23.0 Å². The van der Waals surface area contributed by atoms with Crippen LogP contribution in [0.5, 0.6) is 5.75 Å². The van der Waals surface area contributed by atoms with E-state index in [4.69, 9.17) is 4.74 Å². The molecule has 1 unspecified atom stereocenters. The number of hydrogen-bond acceptors (Lipinski definition) is 4. The lowest BCUT2D eigenvalue weighted by Gasteiger charge is -2.62. The Morgan fingerprint density at radius 2 is 2.05 bits per heavy atom. The monoisotopic (exact) mass is 273 g/mol. The molecule has 3 aliphatic rings. The maximum Gasteiger partial charge on any atom is 0.291 e. The Labute approximate surface area is 118 Å². The van der Waals surface area contributed by atoms with E-state index in [-0.39, 0.29) is 5.91 Å². The molecule has 1 aromatic heterocycles. The van der Waals surface area contributed by atoms with Crippen LogP contribution in [0.2, 0.25) is 0 Å². The van der Waals surface area contributed by atoms with Crippen LogP contribution in [-0.2, 0) is 0 Å². The minimum Gasteiger partial charge on any atom is -0.494 e. The van der Waals surface area contributed by atoms with E-state index in [0.717, 1.165) is 12.5 Å². The number of likely N-dealkylation sites (tertiary alicyclic amines) is 1. The molecule has 0 N–H and O–H groups in total. The first-order valence-electron chi connectivity index (χ1n) is 7.40. The van der Waals surface area contributed by atoms with Crippen molar-refractivity contribution in [3.8, 4) is 5.75 Å². The van der Waals surface area contributed by atoms with Gasteiger partial charge in [0, 0.05) is 18.0 Å². The van der Waals surface area contributed by atoms with Crippen LogP contribution in [0.1, 0.15) is 42.7 Å². The van der Waals surface area contributed by atoms with Crippen molar-refractivity contribution in [1.82, 2.24) is 14.9 Å². The van der Waals surface area contributed by atoms with Crippen molar-refractivity contribution in [1.29, 1.82) is 0 Å². The summed E-state index contributed by atoms with van der Waals surface area (Å²) in [6.07, 6.45) is 9.59. The molecule has 2 aliphatic carbocycles. The van der Waals surface area contributed by atoms with Crippen LogP contribution in [0, 0.1) is 11.3 Å². The number of carbonyl (C=O) groups is 1. The first-order valence-corrected chi connectivity index (χ1v) is 7.40. The van der Waals surface area contributed by atoms with Gasteiger partial charge < -0.3 is 9.64 Å². The Hall–Kier alpha value is -1.65. The zero-order valence-electron chi connectivity index (χ0n) is 11.7. The Morgan fingerprint density at radius 1 is 1.35 bits per heavy atom. The van der Waals surface area contributed by atoms with Crippen LogP contribution in [-0.4, -0.2) is 40.5 Å². The molecule has 2 heterocycles. The van der Waals surface area contributed by atoms with E-state index in [1.54, 1.807) is 19.5 Å². The number of nitrogens with zero attached hydrogens (tertiary/aromatic N) is 3. The molecule has 1 spiro atoms. The van der Waals surface area contributed by atoms with Crippen molar-refractivity contribution in [2.24, 2.45) is 11.3 Å². The van der Waals surface area contributed by atoms with E-state index in [1.165, 1.54) is 32.1 Å². The Kier molecular flexibility index (Phi) is 2.53. The minimum atomic E-state index is -0.0120. The lowest BCUT2D eigenvalue weighted by molar-refractivity contribution is -0.112. The first-order chi connectivity index (χ1) is 9.73. The zero-order valence-corrected chi connectivity index (χ0v) is 11.7. The van der Waals surface area contributed by atoms with E-state index in [9.17, 15) is 4.79 Å². The van der Waals surface area contributed by atoms with E-state index >= 15 is 0 Å². The predicted molar refractivity (Wildman–Crippen MR) is 72.4 cm³/mol. The van der Waals surface area contributed by atoms with Crippen molar-refractivity contribution in [2.45, 2.75) is 38.1 Å². The first kappa shape index (κ1) is 12.1. The number of amides is 1. The van der Waals surface area contributed by atoms with Crippen molar-refractivity contribution >= 4 is 5.91 Å². The topological polar surface area (TPSA) is 55.3 Å². The molecule has 1 atom stereocenters. The molecular weight excluding hydrogens is 254 g/mol. The summed E-state index contributed by atoms with van der Waals surface area (Å²) in [7, 11) is 1.57. The molecule has 106 valence electrons. The van der Waals surface area contributed by atoms with Gasteiger partial charge >= 0.3 is 0 Å². The molecule has 2 saturated carbocycles. The summed E-state index contributed by atoms with van der Waals surface area (Å²) in [5, 5.41) is 0. The van der Waals surface area contributed by atoms with Crippen LogP contribution < -0.4 is 4.74 Å². The quantitative estimate of drug-likeness (QED) is 0.844. The molecule has 0 bridgehead atoms. The predicted octanol–water partition coefficient (Wildman–Crippen LogP) is 1.89. The van der Waals surface area contributed by atoms with Crippen LogP contribution in [0.3, 0.4) is 0 Å². The molecule has 1 aliphatic heterocycles. The van der Waals surface area contributed by atoms with Gasteiger partial charge in [0.1, 0.15) is 0 Å². The molecule has 1 aromatic rings. The molecule has 20 heavy (non-hydrogen) atoms. The summed E-state index contributed by atoms with van der Waals surface area (Å²) in [6, 6.07) is 0.453. The molecular formula is C15H19N3O2. The van der Waals surface area contributed by atoms with Crippen molar-refractivity contribution < 1.29 is 9.53 Å². The van der Waals surface area contributed by atoms with E-state index in [2.05, 4.69) is 9.97 Å². The Morgan fingerprint density at radius 3 is 2.55 bits per heavy atom. The van der Waals surface area contributed by atoms with Crippen LogP contribution in [0.25, 0.3) is 0 Å². The van der Waals surface area contributed by atoms with Crippen LogP contribution in [0.15, 0.2) is 12.4 Å². The van der Waals surface area contributed by atoms with Gasteiger partial charge in [-0.1, -0.05) is 6.42 Å². The second kappa shape index (κ2) is 4.17. The summed E-state index contributed by atoms with van der Waals surface area (Å²) in [6.45, 7) is 0.905. The average Bonchev–Trinajstić information content (AvgIpc) is 3.20. The number of hydrogen-bond donors (Lipinski definition) is 0. The maximum atomic E-state index is 12.6. The fourth-order valence-electron chi connectivity index (χ4n) is 3.86. The van der Waals surface area contributed by atoms with Crippen molar-refractivity contribution in [2.75, 3.05) is 13.7 Å². The highest BCUT2D eigenvalue weighted by molar-refractivity contribution is 5.91. The Balaban J connectivity index is 1.53. The molecule has 4 rings (SSSR count). The van der Waals surface area contributed by atoms with Gasteiger partial charge in [-0.15, -0.1) is 0 Å². The minimum absolute atomic E-state index is 0.0120. The number of methoxy groups -OCH3 is 1. The molecule has 0 radical (unpaired) electrons. The highest BCUT2D eigenvalue weighted by Gasteiger charge is 2.61. The summed E-state index contributed by atoms with van der Waals surface area (Å²) >= 11 is 0.